The molecule has 0 radical (unpaired) electrons. The van der Waals surface area contributed by atoms with Gasteiger partial charge in [0.25, 0.3) is 0 Å². The lowest BCUT2D eigenvalue weighted by atomic mass is 10.2. The van der Waals surface area contributed by atoms with Crippen LogP contribution in [0.4, 0.5) is 0 Å². The summed E-state index contributed by atoms with van der Waals surface area (Å²) in [6, 6.07) is -0.0883. The van der Waals surface area contributed by atoms with Crippen molar-refractivity contribution in [3.05, 3.63) is 0 Å². The van der Waals surface area contributed by atoms with E-state index < -0.39 is 0 Å². The number of likely N-dealkylation sites (N-methyl/N-ethyl adjacent to an activating group) is 1. The fraction of sp³-hybridized carbons (Fsp3) is 0.917. The molecule has 17 heavy (non-hydrogen) atoms. The molecule has 5 heteroatoms. The van der Waals surface area contributed by atoms with Crippen molar-refractivity contribution < 1.29 is 9.53 Å². The van der Waals surface area contributed by atoms with E-state index in [1.54, 1.807) is 19.0 Å². The van der Waals surface area contributed by atoms with Crippen LogP contribution in [0, 0.1) is 0 Å². The fourth-order valence-electron chi connectivity index (χ4n) is 1.92. The second-order valence-corrected chi connectivity index (χ2v) is 4.72. The Labute approximate surface area is 104 Å². The molecule has 0 saturated carbocycles. The Hall–Kier alpha value is -0.650. The van der Waals surface area contributed by atoms with Gasteiger partial charge < -0.3 is 15.0 Å². The Balaban J connectivity index is 2.05. The minimum Gasteiger partial charge on any atom is -0.379 e. The van der Waals surface area contributed by atoms with Crippen LogP contribution in [-0.4, -0.2) is 75.2 Å². The lowest BCUT2D eigenvalue weighted by Crippen LogP contribution is -2.43. The normalized spacial score (nSPS) is 19.0. The van der Waals surface area contributed by atoms with Crippen LogP contribution in [0.3, 0.4) is 0 Å². The molecule has 5 nitrogen and oxygen atoms in total. The smallest absolute Gasteiger partial charge is 0.238 e. The van der Waals surface area contributed by atoms with E-state index in [0.29, 0.717) is 0 Å². The zero-order chi connectivity index (χ0) is 12.7. The third-order valence-corrected chi connectivity index (χ3v) is 3.02. The predicted octanol–water partition coefficient (Wildman–Crippen LogP) is -0.225. The Morgan fingerprint density at radius 3 is 2.65 bits per heavy atom. The number of carbonyl (C=O) groups excluding carboxylic acids is 1. The van der Waals surface area contributed by atoms with Crippen LogP contribution in [0.15, 0.2) is 0 Å². The number of nitrogens with zero attached hydrogens (tertiary/aromatic N) is 2. The third kappa shape index (κ3) is 5.48. The zero-order valence-corrected chi connectivity index (χ0v) is 11.2. The average Bonchev–Trinajstić information content (AvgIpc) is 2.34. The van der Waals surface area contributed by atoms with Gasteiger partial charge in [0.1, 0.15) is 0 Å². The van der Waals surface area contributed by atoms with Crippen molar-refractivity contribution in [2.24, 2.45) is 0 Å². The maximum atomic E-state index is 11.6. The minimum atomic E-state index is -0.0883. The van der Waals surface area contributed by atoms with Crippen LogP contribution in [-0.2, 0) is 9.53 Å². The number of carbonyl (C=O) groups is 1. The van der Waals surface area contributed by atoms with Gasteiger partial charge in [0.05, 0.1) is 19.3 Å². The maximum Gasteiger partial charge on any atom is 0.238 e. The lowest BCUT2D eigenvalue weighted by Gasteiger charge is -2.26. The first-order chi connectivity index (χ1) is 8.11. The molecule has 1 aliphatic rings. The van der Waals surface area contributed by atoms with Gasteiger partial charge in [0.15, 0.2) is 0 Å². The van der Waals surface area contributed by atoms with Gasteiger partial charge in [-0.3, -0.25) is 9.69 Å². The molecular weight excluding hydrogens is 218 g/mol. The highest BCUT2D eigenvalue weighted by Gasteiger charge is 2.14. The Morgan fingerprint density at radius 1 is 1.41 bits per heavy atom. The molecular formula is C12H25N3O2. The third-order valence-electron chi connectivity index (χ3n) is 3.02. The number of amides is 1. The van der Waals surface area contributed by atoms with Gasteiger partial charge in [0.2, 0.25) is 5.91 Å². The summed E-state index contributed by atoms with van der Waals surface area (Å²) in [5, 5.41) is 3.25. The van der Waals surface area contributed by atoms with Crippen molar-refractivity contribution in [1.29, 1.82) is 0 Å². The number of morpholine rings is 1. The first-order valence-electron chi connectivity index (χ1n) is 6.36. The van der Waals surface area contributed by atoms with Crippen molar-refractivity contribution in [3.63, 3.8) is 0 Å². The fourth-order valence-corrected chi connectivity index (χ4v) is 1.92. The molecule has 0 aromatic carbocycles. The summed E-state index contributed by atoms with van der Waals surface area (Å²) in [6.07, 6.45) is 1.07. The molecule has 1 heterocycles. The summed E-state index contributed by atoms with van der Waals surface area (Å²) in [5.41, 5.74) is 0. The summed E-state index contributed by atoms with van der Waals surface area (Å²) in [4.78, 5) is 15.6. The minimum absolute atomic E-state index is 0.0883. The van der Waals surface area contributed by atoms with E-state index in [2.05, 4.69) is 10.2 Å². The predicted molar refractivity (Wildman–Crippen MR) is 68.0 cm³/mol. The molecule has 100 valence electrons. The summed E-state index contributed by atoms with van der Waals surface area (Å²) >= 11 is 0. The van der Waals surface area contributed by atoms with Crippen molar-refractivity contribution in [2.45, 2.75) is 19.4 Å². The van der Waals surface area contributed by atoms with Gasteiger partial charge in [-0.1, -0.05) is 0 Å². The monoisotopic (exact) mass is 243 g/mol. The summed E-state index contributed by atoms with van der Waals surface area (Å²) in [5.74, 6) is 0.136. The highest BCUT2D eigenvalue weighted by Crippen LogP contribution is 1.97. The molecule has 1 saturated heterocycles. The van der Waals surface area contributed by atoms with Crippen molar-refractivity contribution in [2.75, 3.05) is 53.5 Å². The SMILES string of the molecule is CC(NCCCN1CCOCC1)C(=O)N(C)C. The van der Waals surface area contributed by atoms with Gasteiger partial charge >= 0.3 is 0 Å². The topological polar surface area (TPSA) is 44.8 Å². The van der Waals surface area contributed by atoms with E-state index in [1.165, 1.54) is 0 Å². The number of ether oxygens (including phenoxy) is 1. The first-order valence-corrected chi connectivity index (χ1v) is 6.36. The van der Waals surface area contributed by atoms with E-state index >= 15 is 0 Å². The van der Waals surface area contributed by atoms with E-state index in [-0.39, 0.29) is 11.9 Å². The molecule has 1 fully saturated rings. The van der Waals surface area contributed by atoms with Crippen molar-refractivity contribution in [1.82, 2.24) is 15.1 Å². The molecule has 0 aromatic rings. The Bertz CT molecular complexity index is 228. The van der Waals surface area contributed by atoms with Gasteiger partial charge in [0, 0.05) is 27.2 Å². The second-order valence-electron chi connectivity index (χ2n) is 4.72. The van der Waals surface area contributed by atoms with E-state index in [9.17, 15) is 4.79 Å². The molecule has 1 amide bonds. The molecule has 0 bridgehead atoms. The molecule has 1 N–H and O–H groups in total. The molecule has 0 aliphatic carbocycles. The van der Waals surface area contributed by atoms with Crippen LogP contribution in [0.2, 0.25) is 0 Å². The number of nitrogens with one attached hydrogen (secondary N) is 1. The largest absolute Gasteiger partial charge is 0.379 e. The second kappa shape index (κ2) is 7.63. The first kappa shape index (κ1) is 14.4. The summed E-state index contributed by atoms with van der Waals surface area (Å²) < 4.78 is 5.29. The highest BCUT2D eigenvalue weighted by molar-refractivity contribution is 5.80. The van der Waals surface area contributed by atoms with Gasteiger partial charge in [-0.05, 0) is 26.4 Å². The van der Waals surface area contributed by atoms with Crippen LogP contribution >= 0.6 is 0 Å². The summed E-state index contributed by atoms with van der Waals surface area (Å²) in [7, 11) is 3.57. The maximum absolute atomic E-state index is 11.6. The quantitative estimate of drug-likeness (QED) is 0.655. The molecule has 0 aromatic heterocycles. The van der Waals surface area contributed by atoms with Crippen molar-refractivity contribution in [3.8, 4) is 0 Å². The molecule has 0 spiro atoms. The van der Waals surface area contributed by atoms with Crippen LogP contribution in [0.25, 0.3) is 0 Å². The van der Waals surface area contributed by atoms with Crippen molar-refractivity contribution >= 4 is 5.91 Å². The van der Waals surface area contributed by atoms with Crippen LogP contribution in [0.1, 0.15) is 13.3 Å². The Kier molecular flexibility index (Phi) is 6.47. The van der Waals surface area contributed by atoms with E-state index in [4.69, 9.17) is 4.74 Å². The van der Waals surface area contributed by atoms with Crippen LogP contribution in [0.5, 0.6) is 0 Å². The highest BCUT2D eigenvalue weighted by atomic mass is 16.5. The number of rotatable bonds is 6. The van der Waals surface area contributed by atoms with E-state index in [0.717, 1.165) is 45.8 Å². The zero-order valence-electron chi connectivity index (χ0n) is 11.2. The molecule has 1 atom stereocenters. The number of hydrogen-bond acceptors (Lipinski definition) is 4. The molecule has 1 unspecified atom stereocenters. The van der Waals surface area contributed by atoms with Gasteiger partial charge in [-0.25, -0.2) is 0 Å². The summed E-state index contributed by atoms with van der Waals surface area (Å²) in [6.45, 7) is 7.65. The van der Waals surface area contributed by atoms with Crippen LogP contribution < -0.4 is 5.32 Å². The molecule has 1 rings (SSSR count). The average molecular weight is 243 g/mol. The van der Waals surface area contributed by atoms with E-state index in [1.807, 2.05) is 6.92 Å². The number of hydrogen-bond donors (Lipinski definition) is 1. The lowest BCUT2D eigenvalue weighted by molar-refractivity contribution is -0.130. The Morgan fingerprint density at radius 2 is 2.06 bits per heavy atom. The van der Waals surface area contributed by atoms with Gasteiger partial charge in [-0.15, -0.1) is 0 Å². The molecule has 1 aliphatic heterocycles. The standard InChI is InChI=1S/C12H25N3O2/c1-11(12(16)14(2)3)13-5-4-6-15-7-9-17-10-8-15/h11,13H,4-10H2,1-3H3. The van der Waals surface area contributed by atoms with Gasteiger partial charge in [-0.2, -0.15) is 0 Å².